The lowest BCUT2D eigenvalue weighted by Gasteiger charge is -1.91. The molecule has 4 heteroatoms. The highest BCUT2D eigenvalue weighted by Gasteiger charge is 1.95. The predicted octanol–water partition coefficient (Wildman–Crippen LogP) is 0.175. The molecule has 0 radical (unpaired) electrons. The second kappa shape index (κ2) is 2.99. The van der Waals surface area contributed by atoms with Gasteiger partial charge in [0.25, 0.3) is 0 Å². The van der Waals surface area contributed by atoms with E-state index in [9.17, 15) is 8.78 Å². The second-order valence-electron chi connectivity index (χ2n) is 0.556. The van der Waals surface area contributed by atoms with Gasteiger partial charge in [-0.2, -0.15) is 8.78 Å². The van der Waals surface area contributed by atoms with Crippen molar-refractivity contribution in [3.05, 3.63) is 0 Å². The van der Waals surface area contributed by atoms with Gasteiger partial charge in [-0.25, -0.2) is 0 Å². The molecular weight excluding hydrogens is 94.0 g/mol. The summed E-state index contributed by atoms with van der Waals surface area (Å²) < 4.78 is 24.6. The Labute approximate surface area is 33.3 Å². The summed E-state index contributed by atoms with van der Waals surface area (Å²) in [5, 5.41) is 7.53. The Kier molecular flexibility index (Phi) is 2.88. The molecule has 0 aliphatic heterocycles. The molecule has 0 spiro atoms. The average Bonchev–Trinajstić information content (AvgIpc) is 1.35. The van der Waals surface area contributed by atoms with Crippen molar-refractivity contribution in [3.8, 4) is 0 Å². The van der Waals surface area contributed by atoms with Gasteiger partial charge in [-0.1, -0.05) is 0 Å². The zero-order chi connectivity index (χ0) is 4.99. The standard InChI is InChI=1S/C2H4F2O2/c3-2(4)6-1-5/h2,5H,1H2. The highest BCUT2D eigenvalue weighted by Crippen LogP contribution is 1.90. The minimum absolute atomic E-state index is 0.919. The summed E-state index contributed by atoms with van der Waals surface area (Å²) in [6.07, 6.45) is 0. The molecule has 2 nitrogen and oxygen atoms in total. The van der Waals surface area contributed by atoms with Gasteiger partial charge >= 0.3 is 6.61 Å². The molecule has 0 fully saturated rings. The molecule has 0 aromatic rings. The summed E-state index contributed by atoms with van der Waals surface area (Å²) >= 11 is 0. The van der Waals surface area contributed by atoms with Gasteiger partial charge in [0.2, 0.25) is 0 Å². The van der Waals surface area contributed by atoms with Crippen molar-refractivity contribution in [2.24, 2.45) is 0 Å². The Morgan fingerprint density at radius 3 is 2.17 bits per heavy atom. The zero-order valence-corrected chi connectivity index (χ0v) is 2.90. The molecule has 0 aliphatic rings. The van der Waals surface area contributed by atoms with Crippen molar-refractivity contribution < 1.29 is 18.6 Å². The van der Waals surface area contributed by atoms with Gasteiger partial charge in [-0.15, -0.1) is 0 Å². The Hall–Kier alpha value is -0.220. The third-order valence-corrected chi connectivity index (χ3v) is 0.201. The minimum atomic E-state index is -2.85. The largest absolute Gasteiger partial charge is 0.370 e. The molecule has 38 valence electrons. The Morgan fingerprint density at radius 2 is 2.17 bits per heavy atom. The highest BCUT2D eigenvalue weighted by atomic mass is 19.3. The van der Waals surface area contributed by atoms with Gasteiger partial charge in [-0.3, -0.25) is 4.74 Å². The van der Waals surface area contributed by atoms with Crippen molar-refractivity contribution in [2.75, 3.05) is 6.79 Å². The lowest BCUT2D eigenvalue weighted by Crippen LogP contribution is -1.98. The van der Waals surface area contributed by atoms with Crippen LogP contribution in [0.4, 0.5) is 8.78 Å². The van der Waals surface area contributed by atoms with Crippen LogP contribution in [0, 0.1) is 0 Å². The van der Waals surface area contributed by atoms with Crippen LogP contribution >= 0.6 is 0 Å². The molecule has 0 unspecified atom stereocenters. The molecule has 0 heterocycles. The topological polar surface area (TPSA) is 29.5 Å². The summed E-state index contributed by atoms with van der Waals surface area (Å²) in [7, 11) is 0. The minimum Gasteiger partial charge on any atom is -0.370 e. The first kappa shape index (κ1) is 5.78. The fraction of sp³-hybridized carbons (Fsp3) is 1.00. The maximum absolute atomic E-state index is 10.7. The molecular formula is C2H4F2O2. The maximum atomic E-state index is 10.7. The molecule has 0 aromatic heterocycles. The first-order valence-corrected chi connectivity index (χ1v) is 1.28. The molecule has 6 heavy (non-hydrogen) atoms. The fourth-order valence-corrected chi connectivity index (χ4v) is 0.0563. The molecule has 1 N–H and O–H groups in total. The number of rotatable bonds is 2. The Morgan fingerprint density at radius 1 is 1.67 bits per heavy atom. The lowest BCUT2D eigenvalue weighted by molar-refractivity contribution is -0.174. The molecule has 0 saturated carbocycles. The fourth-order valence-electron chi connectivity index (χ4n) is 0.0563. The van der Waals surface area contributed by atoms with Gasteiger partial charge in [0.05, 0.1) is 0 Å². The first-order chi connectivity index (χ1) is 2.77. The number of ether oxygens (including phenoxy) is 1. The molecule has 0 amide bonds. The van der Waals surface area contributed by atoms with Gasteiger partial charge in [0.15, 0.2) is 0 Å². The van der Waals surface area contributed by atoms with Crippen LogP contribution < -0.4 is 0 Å². The van der Waals surface area contributed by atoms with Gasteiger partial charge in [-0.05, 0) is 0 Å². The third kappa shape index (κ3) is 3.78. The van der Waals surface area contributed by atoms with Crippen molar-refractivity contribution in [1.29, 1.82) is 0 Å². The summed E-state index contributed by atoms with van der Waals surface area (Å²) in [5.74, 6) is 0. The van der Waals surface area contributed by atoms with Crippen molar-refractivity contribution in [3.63, 3.8) is 0 Å². The number of aliphatic hydroxyl groups excluding tert-OH is 1. The molecule has 0 bridgehead atoms. The van der Waals surface area contributed by atoms with Crippen LogP contribution in [0.2, 0.25) is 0 Å². The zero-order valence-electron chi connectivity index (χ0n) is 2.90. The summed E-state index contributed by atoms with van der Waals surface area (Å²) in [6.45, 7) is -3.77. The Bertz CT molecular complexity index is 30.7. The van der Waals surface area contributed by atoms with E-state index >= 15 is 0 Å². The van der Waals surface area contributed by atoms with E-state index in [1.807, 2.05) is 0 Å². The van der Waals surface area contributed by atoms with E-state index in [4.69, 9.17) is 5.11 Å². The number of aliphatic hydroxyl groups is 1. The van der Waals surface area contributed by atoms with E-state index in [-0.39, 0.29) is 0 Å². The van der Waals surface area contributed by atoms with Crippen LogP contribution in [0.5, 0.6) is 0 Å². The van der Waals surface area contributed by atoms with E-state index in [1.54, 1.807) is 0 Å². The molecule has 0 saturated heterocycles. The molecule has 0 aromatic carbocycles. The summed E-state index contributed by atoms with van der Waals surface area (Å²) in [4.78, 5) is 0. The van der Waals surface area contributed by atoms with E-state index in [0.29, 0.717) is 0 Å². The van der Waals surface area contributed by atoms with Crippen molar-refractivity contribution in [1.82, 2.24) is 0 Å². The van der Waals surface area contributed by atoms with Crippen LogP contribution in [0.25, 0.3) is 0 Å². The van der Waals surface area contributed by atoms with E-state index < -0.39 is 13.4 Å². The number of hydrogen-bond donors (Lipinski definition) is 1. The third-order valence-electron chi connectivity index (χ3n) is 0.201. The quantitative estimate of drug-likeness (QED) is 0.499. The molecule has 0 aliphatic carbocycles. The molecule has 0 rings (SSSR count). The monoisotopic (exact) mass is 98.0 g/mol. The van der Waals surface area contributed by atoms with Gasteiger partial charge in [0.1, 0.15) is 6.79 Å². The normalized spacial score (nSPS) is 10.0. The van der Waals surface area contributed by atoms with Crippen LogP contribution in [0.1, 0.15) is 0 Å². The van der Waals surface area contributed by atoms with Gasteiger partial charge in [0, 0.05) is 0 Å². The first-order valence-electron chi connectivity index (χ1n) is 1.28. The number of hydrogen-bond acceptors (Lipinski definition) is 2. The second-order valence-corrected chi connectivity index (χ2v) is 0.556. The Balaban J connectivity index is 2.63. The maximum Gasteiger partial charge on any atom is 0.347 e. The van der Waals surface area contributed by atoms with Crippen molar-refractivity contribution >= 4 is 0 Å². The molecule has 0 atom stereocenters. The van der Waals surface area contributed by atoms with Crippen molar-refractivity contribution in [2.45, 2.75) is 6.61 Å². The van der Waals surface area contributed by atoms with E-state index in [0.717, 1.165) is 0 Å². The van der Waals surface area contributed by atoms with Crippen LogP contribution in [-0.2, 0) is 4.74 Å². The highest BCUT2D eigenvalue weighted by molar-refractivity contribution is 3.98. The number of halogens is 2. The van der Waals surface area contributed by atoms with Crippen LogP contribution in [0.15, 0.2) is 0 Å². The summed E-state index contributed by atoms with van der Waals surface area (Å²) in [6, 6.07) is 0. The van der Waals surface area contributed by atoms with Crippen LogP contribution in [-0.4, -0.2) is 18.5 Å². The van der Waals surface area contributed by atoms with E-state index in [2.05, 4.69) is 4.74 Å². The average molecular weight is 98.0 g/mol. The predicted molar refractivity (Wildman–Crippen MR) is 14.2 cm³/mol. The smallest absolute Gasteiger partial charge is 0.347 e. The lowest BCUT2D eigenvalue weighted by atomic mass is 11.3. The summed E-state index contributed by atoms with van der Waals surface area (Å²) in [5.41, 5.74) is 0. The van der Waals surface area contributed by atoms with Crippen LogP contribution in [0.3, 0.4) is 0 Å². The SMILES string of the molecule is OCOC(F)F. The number of alkyl halides is 2. The van der Waals surface area contributed by atoms with E-state index in [1.165, 1.54) is 0 Å². The van der Waals surface area contributed by atoms with Gasteiger partial charge < -0.3 is 5.11 Å².